The number of likely N-dealkylation sites (tertiary alicyclic amines) is 1. The van der Waals surface area contributed by atoms with E-state index in [0.717, 1.165) is 53.7 Å². The minimum atomic E-state index is -0.215. The van der Waals surface area contributed by atoms with Crippen LogP contribution in [0.3, 0.4) is 0 Å². The van der Waals surface area contributed by atoms with E-state index in [9.17, 15) is 9.59 Å². The molecule has 1 aromatic heterocycles. The smallest absolute Gasteiger partial charge is 0.322 e. The summed E-state index contributed by atoms with van der Waals surface area (Å²) >= 11 is 0. The van der Waals surface area contributed by atoms with Crippen LogP contribution in [0.2, 0.25) is 0 Å². The molecule has 7 nitrogen and oxygen atoms in total. The molecular weight excluding hydrogens is 428 g/mol. The summed E-state index contributed by atoms with van der Waals surface area (Å²) in [6, 6.07) is 13.3. The second kappa shape index (κ2) is 10.3. The Labute approximate surface area is 200 Å². The number of nitrogens with one attached hydrogen (secondary N) is 2. The molecule has 2 amide bonds. The van der Waals surface area contributed by atoms with Gasteiger partial charge in [-0.25, -0.2) is 4.79 Å². The fourth-order valence-corrected chi connectivity index (χ4v) is 4.76. The van der Waals surface area contributed by atoms with E-state index in [-0.39, 0.29) is 24.2 Å². The number of aryl methyl sites for hydroxylation is 2. The Morgan fingerprint density at radius 3 is 2.68 bits per heavy atom. The molecule has 4 rings (SSSR count). The topological polar surface area (TPSA) is 77.7 Å². The highest BCUT2D eigenvalue weighted by Gasteiger charge is 2.28. The molecule has 0 spiro atoms. The number of benzene rings is 2. The molecule has 0 bridgehead atoms. The quantitative estimate of drug-likeness (QED) is 0.535. The highest BCUT2D eigenvalue weighted by molar-refractivity contribution is 5.89. The Bertz CT molecular complexity index is 1220. The number of H-pyrrole nitrogens is 1. The number of aromatic nitrogens is 1. The number of hydrogen-bond donors (Lipinski definition) is 2. The first-order valence-electron chi connectivity index (χ1n) is 12.0. The number of rotatable bonds is 7. The summed E-state index contributed by atoms with van der Waals surface area (Å²) in [6.07, 6.45) is 2.17. The molecule has 1 aliphatic rings. The Hall–Kier alpha value is -3.32. The van der Waals surface area contributed by atoms with Gasteiger partial charge < -0.3 is 19.9 Å². The fourth-order valence-electron chi connectivity index (χ4n) is 4.76. The molecule has 3 aromatic rings. The number of nitrogens with zero attached hydrogens (tertiary/aromatic N) is 2. The van der Waals surface area contributed by atoms with Crippen molar-refractivity contribution in [2.75, 3.05) is 32.1 Å². The van der Waals surface area contributed by atoms with Gasteiger partial charge in [0, 0.05) is 23.8 Å². The lowest BCUT2D eigenvalue weighted by Gasteiger charge is -2.30. The molecule has 2 aromatic carbocycles. The molecule has 34 heavy (non-hydrogen) atoms. The monoisotopic (exact) mass is 462 g/mol. The lowest BCUT2D eigenvalue weighted by Crippen LogP contribution is -2.45. The molecule has 180 valence electrons. The van der Waals surface area contributed by atoms with Crippen molar-refractivity contribution in [3.63, 3.8) is 0 Å². The Balaban J connectivity index is 1.62. The van der Waals surface area contributed by atoms with E-state index < -0.39 is 0 Å². The normalized spacial score (nSPS) is 16.1. The zero-order chi connectivity index (χ0) is 24.2. The van der Waals surface area contributed by atoms with Gasteiger partial charge in [0.1, 0.15) is 5.75 Å². The predicted octanol–water partition coefficient (Wildman–Crippen LogP) is 4.67. The maximum atomic E-state index is 13.4. The second-order valence-electron chi connectivity index (χ2n) is 9.06. The number of fused-ring (bicyclic) bond motifs is 1. The average Bonchev–Trinajstić information content (AvgIpc) is 3.29. The van der Waals surface area contributed by atoms with Gasteiger partial charge in [0.05, 0.1) is 19.2 Å². The van der Waals surface area contributed by atoms with E-state index in [1.807, 2.05) is 50.2 Å². The molecule has 1 fully saturated rings. The molecular formula is C27H34N4O3. The van der Waals surface area contributed by atoms with Crippen molar-refractivity contribution in [2.45, 2.75) is 46.2 Å². The lowest BCUT2D eigenvalue weighted by atomic mass is 10.0. The largest absolute Gasteiger partial charge is 0.497 e. The van der Waals surface area contributed by atoms with Gasteiger partial charge in [-0.3, -0.25) is 9.69 Å². The van der Waals surface area contributed by atoms with Crippen molar-refractivity contribution in [3.05, 3.63) is 69.5 Å². The van der Waals surface area contributed by atoms with Gasteiger partial charge in [0.2, 0.25) is 0 Å². The van der Waals surface area contributed by atoms with Gasteiger partial charge in [0.25, 0.3) is 5.56 Å². The zero-order valence-corrected chi connectivity index (χ0v) is 20.5. The van der Waals surface area contributed by atoms with Crippen LogP contribution >= 0.6 is 0 Å². The number of hydrogen-bond acceptors (Lipinski definition) is 4. The SMILES string of the molecule is CCN1CCC[C@H]1CN(Cc1cc2ccc(C)c(C)c2[nH]c1=O)C(=O)Nc1ccc(OC)cc1. The molecule has 2 N–H and O–H groups in total. The Kier molecular flexibility index (Phi) is 7.22. The number of ether oxygens (including phenoxy) is 1. The minimum Gasteiger partial charge on any atom is -0.497 e. The van der Waals surface area contributed by atoms with Crippen molar-refractivity contribution in [1.29, 1.82) is 0 Å². The van der Waals surface area contributed by atoms with Crippen molar-refractivity contribution in [2.24, 2.45) is 0 Å². The number of methoxy groups -OCH3 is 1. The van der Waals surface area contributed by atoms with Crippen molar-refractivity contribution >= 4 is 22.6 Å². The minimum absolute atomic E-state index is 0.151. The molecule has 7 heteroatoms. The van der Waals surface area contributed by atoms with E-state index in [0.29, 0.717) is 17.8 Å². The van der Waals surface area contributed by atoms with Gasteiger partial charge in [-0.15, -0.1) is 0 Å². The number of carbonyl (C=O) groups excluding carboxylic acids is 1. The fraction of sp³-hybridized carbons (Fsp3) is 0.407. The summed E-state index contributed by atoms with van der Waals surface area (Å²) < 4.78 is 5.21. The summed E-state index contributed by atoms with van der Waals surface area (Å²) in [7, 11) is 1.61. The van der Waals surface area contributed by atoms with Gasteiger partial charge in [-0.05, 0) is 86.6 Å². The molecule has 0 saturated carbocycles. The third-order valence-electron chi connectivity index (χ3n) is 6.95. The van der Waals surface area contributed by atoms with E-state index in [2.05, 4.69) is 28.2 Å². The van der Waals surface area contributed by atoms with Crippen LogP contribution in [0, 0.1) is 13.8 Å². The van der Waals surface area contributed by atoms with E-state index >= 15 is 0 Å². The number of carbonyl (C=O) groups is 1. The number of likely N-dealkylation sites (N-methyl/N-ethyl adjacent to an activating group) is 1. The number of urea groups is 1. The summed E-state index contributed by atoms with van der Waals surface area (Å²) in [6.45, 7) is 9.01. The third-order valence-corrected chi connectivity index (χ3v) is 6.95. The van der Waals surface area contributed by atoms with Crippen molar-refractivity contribution in [3.8, 4) is 5.75 Å². The third kappa shape index (κ3) is 5.09. The maximum Gasteiger partial charge on any atom is 0.322 e. The second-order valence-corrected chi connectivity index (χ2v) is 9.06. The summed E-state index contributed by atoms with van der Waals surface area (Å²) in [5, 5.41) is 3.97. The summed E-state index contributed by atoms with van der Waals surface area (Å²) in [5.41, 5.74) is 4.19. The standard InChI is InChI=1S/C27H34N4O3/c1-5-30-14-6-7-23(30)17-31(27(33)28-22-10-12-24(34-4)13-11-22)16-21-15-20-9-8-18(2)19(3)25(20)29-26(21)32/h8-13,15,23H,5-7,14,16-17H2,1-4H3,(H,28,33)(H,29,32)/t23-/m0/s1. The predicted molar refractivity (Wildman–Crippen MR) is 137 cm³/mol. The van der Waals surface area contributed by atoms with Crippen molar-refractivity contribution < 1.29 is 9.53 Å². The van der Waals surface area contributed by atoms with Crippen LogP contribution in [0.25, 0.3) is 10.9 Å². The Morgan fingerprint density at radius 2 is 1.97 bits per heavy atom. The number of amides is 2. The molecule has 0 aliphatic carbocycles. The van der Waals surface area contributed by atoms with Crippen LogP contribution in [0.15, 0.2) is 47.3 Å². The van der Waals surface area contributed by atoms with Gasteiger partial charge in [-0.1, -0.05) is 19.1 Å². The van der Waals surface area contributed by atoms with Crippen LogP contribution < -0.4 is 15.6 Å². The van der Waals surface area contributed by atoms with Crippen LogP contribution in [0.5, 0.6) is 5.75 Å². The molecule has 0 unspecified atom stereocenters. The lowest BCUT2D eigenvalue weighted by molar-refractivity contribution is 0.174. The average molecular weight is 463 g/mol. The Morgan fingerprint density at radius 1 is 1.21 bits per heavy atom. The van der Waals surface area contributed by atoms with Gasteiger partial charge in [-0.2, -0.15) is 0 Å². The van der Waals surface area contributed by atoms with Gasteiger partial charge >= 0.3 is 6.03 Å². The molecule has 1 atom stereocenters. The number of aromatic amines is 1. The molecule has 1 aliphatic heterocycles. The zero-order valence-electron chi connectivity index (χ0n) is 20.5. The molecule has 2 heterocycles. The summed E-state index contributed by atoms with van der Waals surface area (Å²) in [5.74, 6) is 0.729. The summed E-state index contributed by atoms with van der Waals surface area (Å²) in [4.78, 5) is 33.6. The van der Waals surface area contributed by atoms with E-state index in [1.54, 1.807) is 12.0 Å². The highest BCUT2D eigenvalue weighted by atomic mass is 16.5. The molecule has 1 saturated heterocycles. The first kappa shape index (κ1) is 23.8. The maximum absolute atomic E-state index is 13.4. The van der Waals surface area contributed by atoms with Crippen LogP contribution in [0.4, 0.5) is 10.5 Å². The number of pyridine rings is 1. The first-order valence-corrected chi connectivity index (χ1v) is 12.0. The van der Waals surface area contributed by atoms with Crippen LogP contribution in [0.1, 0.15) is 36.5 Å². The van der Waals surface area contributed by atoms with Gasteiger partial charge in [0.15, 0.2) is 0 Å². The van der Waals surface area contributed by atoms with Crippen LogP contribution in [-0.2, 0) is 6.54 Å². The van der Waals surface area contributed by atoms with E-state index in [1.165, 1.54) is 0 Å². The van der Waals surface area contributed by atoms with Crippen LogP contribution in [-0.4, -0.2) is 53.6 Å². The number of anilines is 1. The highest BCUT2D eigenvalue weighted by Crippen LogP contribution is 2.22. The first-order chi connectivity index (χ1) is 16.4. The van der Waals surface area contributed by atoms with Crippen molar-refractivity contribution in [1.82, 2.24) is 14.8 Å². The van der Waals surface area contributed by atoms with E-state index in [4.69, 9.17) is 4.74 Å². The molecule has 0 radical (unpaired) electrons.